The van der Waals surface area contributed by atoms with E-state index in [0.29, 0.717) is 11.4 Å². The van der Waals surface area contributed by atoms with Crippen molar-refractivity contribution in [1.29, 1.82) is 0 Å². The number of benzene rings is 7. The quantitative estimate of drug-likeness (QED) is 0.206. The van der Waals surface area contributed by atoms with Gasteiger partial charge in [0.2, 0.25) is 0 Å². The number of rotatable bonds is 3. The van der Waals surface area contributed by atoms with Crippen LogP contribution in [0.1, 0.15) is 0 Å². The van der Waals surface area contributed by atoms with E-state index in [1.54, 1.807) is 0 Å². The average molecular weight is 589 g/mol. The molecule has 3 heterocycles. The van der Waals surface area contributed by atoms with Crippen LogP contribution in [0, 0.1) is 0 Å². The molecular weight excluding hydrogens is 564 g/mol. The van der Waals surface area contributed by atoms with Crippen molar-refractivity contribution in [2.45, 2.75) is 0 Å². The maximum absolute atomic E-state index is 6.52. The van der Waals surface area contributed by atoms with Crippen molar-refractivity contribution in [1.82, 2.24) is 9.97 Å². The van der Waals surface area contributed by atoms with Crippen LogP contribution >= 0.6 is 0 Å². The van der Waals surface area contributed by atoms with Crippen molar-refractivity contribution < 1.29 is 8.83 Å². The van der Waals surface area contributed by atoms with Gasteiger partial charge in [0.15, 0.2) is 11.4 Å². The van der Waals surface area contributed by atoms with Crippen LogP contribution in [0.25, 0.3) is 99.3 Å². The van der Waals surface area contributed by atoms with Crippen molar-refractivity contribution in [3.05, 3.63) is 146 Å². The molecule has 0 radical (unpaired) electrons. The lowest BCUT2D eigenvalue weighted by Crippen LogP contribution is -1.94. The number of nitrogens with zero attached hydrogens (tertiary/aromatic N) is 2. The summed E-state index contributed by atoms with van der Waals surface area (Å²) in [5.41, 5.74) is 8.80. The fourth-order valence-electron chi connectivity index (χ4n) is 6.80. The molecule has 0 atom stereocenters. The maximum Gasteiger partial charge on any atom is 0.180 e. The molecule has 0 N–H and O–H groups in total. The number of para-hydroxylation sites is 1. The molecule has 4 nitrogen and oxygen atoms in total. The first-order chi connectivity index (χ1) is 22.8. The maximum atomic E-state index is 6.52. The Labute approximate surface area is 263 Å². The van der Waals surface area contributed by atoms with Gasteiger partial charge in [0, 0.05) is 27.3 Å². The average Bonchev–Trinajstić information content (AvgIpc) is 3.69. The summed E-state index contributed by atoms with van der Waals surface area (Å²) in [5.74, 6) is 0.656. The number of hydrogen-bond donors (Lipinski definition) is 0. The molecule has 3 aromatic heterocycles. The van der Waals surface area contributed by atoms with Crippen LogP contribution in [0.2, 0.25) is 0 Å². The Morgan fingerprint density at radius 2 is 1.07 bits per heavy atom. The number of aromatic nitrogens is 2. The molecule has 0 saturated carbocycles. The summed E-state index contributed by atoms with van der Waals surface area (Å²) in [7, 11) is 0. The van der Waals surface area contributed by atoms with Gasteiger partial charge in [-0.3, -0.25) is 0 Å². The molecule has 46 heavy (non-hydrogen) atoms. The van der Waals surface area contributed by atoms with Crippen LogP contribution in [-0.4, -0.2) is 9.97 Å². The fourth-order valence-corrected chi connectivity index (χ4v) is 6.80. The van der Waals surface area contributed by atoms with Crippen molar-refractivity contribution in [3.8, 4) is 33.8 Å². The van der Waals surface area contributed by atoms with E-state index in [1.165, 1.54) is 16.2 Å². The Morgan fingerprint density at radius 1 is 0.413 bits per heavy atom. The van der Waals surface area contributed by atoms with E-state index in [4.69, 9.17) is 18.8 Å². The van der Waals surface area contributed by atoms with Crippen molar-refractivity contribution in [2.75, 3.05) is 0 Å². The molecule has 0 aliphatic carbocycles. The Morgan fingerprint density at radius 3 is 1.89 bits per heavy atom. The van der Waals surface area contributed by atoms with Gasteiger partial charge < -0.3 is 8.83 Å². The molecule has 0 amide bonds. The molecule has 0 spiro atoms. The molecule has 10 rings (SSSR count). The van der Waals surface area contributed by atoms with E-state index in [2.05, 4.69) is 115 Å². The van der Waals surface area contributed by atoms with Gasteiger partial charge in [-0.2, -0.15) is 0 Å². The molecule has 4 heteroatoms. The van der Waals surface area contributed by atoms with Gasteiger partial charge in [0.25, 0.3) is 0 Å². The van der Waals surface area contributed by atoms with E-state index in [1.807, 2.05) is 30.3 Å². The van der Waals surface area contributed by atoms with Gasteiger partial charge in [0.05, 0.1) is 0 Å². The van der Waals surface area contributed by atoms with Crippen LogP contribution in [0.3, 0.4) is 0 Å². The Kier molecular flexibility index (Phi) is 5.25. The first kappa shape index (κ1) is 25.1. The largest absolute Gasteiger partial charge is 0.456 e. The highest BCUT2D eigenvalue weighted by Gasteiger charge is 2.22. The van der Waals surface area contributed by atoms with Gasteiger partial charge in [-0.25, -0.2) is 9.97 Å². The highest BCUT2D eigenvalue weighted by atomic mass is 16.3. The van der Waals surface area contributed by atoms with Crippen LogP contribution in [0.5, 0.6) is 0 Å². The van der Waals surface area contributed by atoms with Crippen molar-refractivity contribution in [3.63, 3.8) is 0 Å². The first-order valence-electron chi connectivity index (χ1n) is 15.4. The molecule has 0 aliphatic heterocycles. The van der Waals surface area contributed by atoms with Crippen LogP contribution in [0.15, 0.2) is 154 Å². The zero-order valence-electron chi connectivity index (χ0n) is 24.6. The number of furan rings is 2. The highest BCUT2D eigenvalue weighted by Crippen LogP contribution is 2.42. The van der Waals surface area contributed by atoms with Crippen molar-refractivity contribution in [2.24, 2.45) is 0 Å². The van der Waals surface area contributed by atoms with Crippen LogP contribution < -0.4 is 0 Å². The zero-order chi connectivity index (χ0) is 30.2. The Hall–Kier alpha value is -6.26. The smallest absolute Gasteiger partial charge is 0.180 e. The second kappa shape index (κ2) is 9.62. The summed E-state index contributed by atoms with van der Waals surface area (Å²) < 4.78 is 13.0. The SMILES string of the molecule is c1ccc2cc(-c3ccc4c(c3)oc3cccc(-c5nc(-c6ccc7ccccc7c6)nc6c5oc5ccccc56)c34)ccc2c1. The molecule has 0 fully saturated rings. The summed E-state index contributed by atoms with van der Waals surface area (Å²) in [6.45, 7) is 0. The predicted octanol–water partition coefficient (Wildman–Crippen LogP) is 11.6. The third-order valence-electron chi connectivity index (χ3n) is 9.06. The summed E-state index contributed by atoms with van der Waals surface area (Å²) >= 11 is 0. The molecular formula is C42H24N2O2. The minimum atomic E-state index is 0.656. The van der Waals surface area contributed by atoms with Crippen LogP contribution in [-0.2, 0) is 0 Å². The van der Waals surface area contributed by atoms with E-state index in [9.17, 15) is 0 Å². The lowest BCUT2D eigenvalue weighted by Gasteiger charge is -2.08. The van der Waals surface area contributed by atoms with Gasteiger partial charge in [-0.15, -0.1) is 0 Å². The molecule has 0 bridgehead atoms. The van der Waals surface area contributed by atoms with E-state index in [0.717, 1.165) is 71.8 Å². The molecule has 7 aromatic carbocycles. The number of fused-ring (bicyclic) bond motifs is 8. The minimum Gasteiger partial charge on any atom is -0.456 e. The second-order valence-corrected chi connectivity index (χ2v) is 11.8. The van der Waals surface area contributed by atoms with E-state index in [-0.39, 0.29) is 0 Å². The summed E-state index contributed by atoms with van der Waals surface area (Å²) in [6.07, 6.45) is 0. The van der Waals surface area contributed by atoms with Gasteiger partial charge >= 0.3 is 0 Å². The first-order valence-corrected chi connectivity index (χ1v) is 15.4. The van der Waals surface area contributed by atoms with Crippen LogP contribution in [0.4, 0.5) is 0 Å². The highest BCUT2D eigenvalue weighted by molar-refractivity contribution is 6.16. The lowest BCUT2D eigenvalue weighted by molar-refractivity contribution is 0.667. The van der Waals surface area contributed by atoms with Crippen molar-refractivity contribution >= 4 is 65.6 Å². The van der Waals surface area contributed by atoms with E-state index < -0.39 is 0 Å². The fraction of sp³-hybridized carbons (Fsp3) is 0. The third-order valence-corrected chi connectivity index (χ3v) is 9.06. The second-order valence-electron chi connectivity index (χ2n) is 11.8. The molecule has 0 aliphatic rings. The monoisotopic (exact) mass is 588 g/mol. The summed E-state index contributed by atoms with van der Waals surface area (Å²) in [5, 5.41) is 7.77. The van der Waals surface area contributed by atoms with E-state index >= 15 is 0 Å². The molecule has 0 unspecified atom stereocenters. The summed E-state index contributed by atoms with van der Waals surface area (Å²) in [4.78, 5) is 10.3. The minimum absolute atomic E-state index is 0.656. The van der Waals surface area contributed by atoms with Gasteiger partial charge in [-0.05, 0) is 75.1 Å². The molecule has 10 aromatic rings. The third kappa shape index (κ3) is 3.80. The van der Waals surface area contributed by atoms with Gasteiger partial charge in [-0.1, -0.05) is 103 Å². The Bertz CT molecular complexity index is 2820. The standard InChI is InChI=1S/C42H24N2O2/c1-3-10-27-22-29(18-16-25(27)8-1)30-20-21-32-37(24-30)45-36-15-7-13-34(38(32)36)40-41-39(33-12-5-6-14-35(33)46-41)43-42(44-40)31-19-17-26-9-2-4-11-28(26)23-31/h1-24H. The summed E-state index contributed by atoms with van der Waals surface area (Å²) in [6, 6.07) is 50.4. The number of hydrogen-bond acceptors (Lipinski definition) is 4. The zero-order valence-corrected chi connectivity index (χ0v) is 24.6. The topological polar surface area (TPSA) is 52.1 Å². The lowest BCUT2D eigenvalue weighted by atomic mass is 9.98. The Balaban J connectivity index is 1.21. The molecule has 0 saturated heterocycles. The van der Waals surface area contributed by atoms with Gasteiger partial charge in [0.1, 0.15) is 28.0 Å². The molecule has 214 valence electrons. The predicted molar refractivity (Wildman–Crippen MR) is 188 cm³/mol. The normalized spacial score (nSPS) is 11.9.